The quantitative estimate of drug-likeness (QED) is 0.539. The van der Waals surface area contributed by atoms with Crippen LogP contribution in [0.1, 0.15) is 13.8 Å². The van der Waals surface area contributed by atoms with E-state index < -0.39 is 11.6 Å². The molecule has 0 unspecified atom stereocenters. The van der Waals surface area contributed by atoms with Crippen molar-refractivity contribution in [1.82, 2.24) is 10.6 Å². The Bertz CT molecular complexity index is 232. The smallest absolute Gasteiger partial charge is 0.322 e. The summed E-state index contributed by atoms with van der Waals surface area (Å²) < 4.78 is 0. The van der Waals surface area contributed by atoms with Crippen molar-refractivity contribution in [1.29, 1.82) is 0 Å². The lowest BCUT2D eigenvalue weighted by Crippen LogP contribution is -2.56. The van der Waals surface area contributed by atoms with E-state index in [0.717, 1.165) is 0 Å². The zero-order valence-corrected chi connectivity index (χ0v) is 8.40. The van der Waals surface area contributed by atoms with Crippen molar-refractivity contribution in [2.45, 2.75) is 19.4 Å². The summed E-state index contributed by atoms with van der Waals surface area (Å²) in [6.45, 7) is 3.82. The molecule has 5 nitrogen and oxygen atoms in total. The Morgan fingerprint density at radius 1 is 1.46 bits per heavy atom. The molecule has 1 aliphatic rings. The Hall–Kier alpha value is -0.810. The number of urea groups is 1. The molecule has 1 heterocycles. The molecule has 0 aromatic carbocycles. The fourth-order valence-electron chi connectivity index (χ4n) is 1.29. The molecule has 3 amide bonds. The molecule has 6 heteroatoms. The molecule has 1 fully saturated rings. The molecule has 0 saturated carbocycles. The molecule has 0 radical (unpaired) electrons. The Labute approximate surface area is 82.8 Å². The van der Waals surface area contributed by atoms with E-state index in [1.807, 2.05) is 13.8 Å². The number of rotatable bonds is 2. The van der Waals surface area contributed by atoms with Gasteiger partial charge in [0, 0.05) is 6.54 Å². The first-order chi connectivity index (χ1) is 5.53. The van der Waals surface area contributed by atoms with E-state index in [1.165, 1.54) is 0 Å². The van der Waals surface area contributed by atoms with Gasteiger partial charge in [-0.05, 0) is 5.92 Å². The number of amides is 3. The fourth-order valence-corrected chi connectivity index (χ4v) is 1.29. The van der Waals surface area contributed by atoms with Gasteiger partial charge in [0.15, 0.2) is 0 Å². The summed E-state index contributed by atoms with van der Waals surface area (Å²) in [6, 6.07) is -0.459. The van der Waals surface area contributed by atoms with Gasteiger partial charge in [-0.2, -0.15) is 0 Å². The Morgan fingerprint density at radius 3 is 2.15 bits per heavy atom. The van der Waals surface area contributed by atoms with E-state index in [2.05, 4.69) is 10.6 Å². The Balaban J connectivity index is 0.00000144. The van der Waals surface area contributed by atoms with E-state index in [0.29, 0.717) is 0 Å². The molecule has 0 aromatic rings. The zero-order chi connectivity index (χ0) is 9.35. The zero-order valence-electron chi connectivity index (χ0n) is 7.59. The monoisotopic (exact) mass is 207 g/mol. The highest BCUT2D eigenvalue weighted by Gasteiger charge is 2.47. The number of imide groups is 1. The summed E-state index contributed by atoms with van der Waals surface area (Å²) in [5.74, 6) is -0.334. The highest BCUT2D eigenvalue weighted by Crippen LogP contribution is 2.19. The number of carbonyl (C=O) groups excluding carboxylic acids is 2. The second kappa shape index (κ2) is 3.93. The molecule has 1 aliphatic heterocycles. The first kappa shape index (κ1) is 12.2. The van der Waals surface area contributed by atoms with Crippen LogP contribution in [-0.2, 0) is 4.79 Å². The summed E-state index contributed by atoms with van der Waals surface area (Å²) in [7, 11) is 0. The first-order valence-corrected chi connectivity index (χ1v) is 3.86. The third kappa shape index (κ3) is 1.76. The summed E-state index contributed by atoms with van der Waals surface area (Å²) in [5, 5.41) is 4.71. The number of carbonyl (C=O) groups is 2. The van der Waals surface area contributed by atoms with Gasteiger partial charge in [0.1, 0.15) is 5.54 Å². The summed E-state index contributed by atoms with van der Waals surface area (Å²) in [5.41, 5.74) is 4.54. The lowest BCUT2D eigenvalue weighted by molar-refractivity contribution is -0.125. The van der Waals surface area contributed by atoms with Gasteiger partial charge in [0.25, 0.3) is 5.91 Å². The largest absolute Gasteiger partial charge is 0.328 e. The number of hydrogen-bond donors (Lipinski definition) is 3. The van der Waals surface area contributed by atoms with Crippen LogP contribution in [0.5, 0.6) is 0 Å². The van der Waals surface area contributed by atoms with Gasteiger partial charge in [-0.3, -0.25) is 10.1 Å². The molecule has 76 valence electrons. The van der Waals surface area contributed by atoms with Gasteiger partial charge in [-0.15, -0.1) is 12.4 Å². The van der Waals surface area contributed by atoms with Gasteiger partial charge >= 0.3 is 6.03 Å². The maximum Gasteiger partial charge on any atom is 0.322 e. The molecule has 1 rings (SSSR count). The van der Waals surface area contributed by atoms with Crippen LogP contribution in [0, 0.1) is 5.92 Å². The fraction of sp³-hybridized carbons (Fsp3) is 0.714. The summed E-state index contributed by atoms with van der Waals surface area (Å²) in [6.07, 6.45) is 0. The van der Waals surface area contributed by atoms with Crippen LogP contribution >= 0.6 is 12.4 Å². The van der Waals surface area contributed by atoms with Crippen molar-refractivity contribution in [2.75, 3.05) is 6.54 Å². The van der Waals surface area contributed by atoms with Crippen LogP contribution < -0.4 is 16.4 Å². The molecule has 13 heavy (non-hydrogen) atoms. The molecule has 4 N–H and O–H groups in total. The second-order valence-electron chi connectivity index (χ2n) is 3.24. The highest BCUT2D eigenvalue weighted by atomic mass is 35.5. The van der Waals surface area contributed by atoms with Crippen molar-refractivity contribution < 1.29 is 9.59 Å². The van der Waals surface area contributed by atoms with E-state index in [-0.39, 0.29) is 30.8 Å². The predicted molar refractivity (Wildman–Crippen MR) is 50.5 cm³/mol. The molecule has 1 atom stereocenters. The van der Waals surface area contributed by atoms with E-state index in [1.54, 1.807) is 0 Å². The van der Waals surface area contributed by atoms with Crippen molar-refractivity contribution >= 4 is 24.3 Å². The minimum absolute atomic E-state index is 0. The first-order valence-electron chi connectivity index (χ1n) is 3.86. The highest BCUT2D eigenvalue weighted by molar-refractivity contribution is 6.07. The second-order valence-corrected chi connectivity index (χ2v) is 3.24. The third-order valence-electron chi connectivity index (χ3n) is 2.28. The molecular weight excluding hydrogens is 194 g/mol. The van der Waals surface area contributed by atoms with Crippen LogP contribution in [-0.4, -0.2) is 24.0 Å². The predicted octanol–water partition coefficient (Wildman–Crippen LogP) is -0.399. The minimum atomic E-state index is -0.906. The van der Waals surface area contributed by atoms with Gasteiger partial charge in [0.05, 0.1) is 0 Å². The van der Waals surface area contributed by atoms with Gasteiger partial charge in [-0.1, -0.05) is 13.8 Å². The lowest BCUT2D eigenvalue weighted by atomic mass is 9.87. The van der Waals surface area contributed by atoms with Crippen LogP contribution in [0.3, 0.4) is 0 Å². The standard InChI is InChI=1S/C7H13N3O2.ClH/c1-4(2)7(3-8)5(11)9-6(12)10-7;/h4H,3,8H2,1-2H3,(H2,9,10,11,12);1H/t7-;/m0./s1. The molecule has 0 aliphatic carbocycles. The number of nitrogens with two attached hydrogens (primary N) is 1. The van der Waals surface area contributed by atoms with Gasteiger partial charge in [-0.25, -0.2) is 4.79 Å². The molecule has 1 saturated heterocycles. The van der Waals surface area contributed by atoms with Crippen molar-refractivity contribution in [2.24, 2.45) is 11.7 Å². The van der Waals surface area contributed by atoms with E-state index in [4.69, 9.17) is 5.73 Å². The number of halogens is 1. The molecule has 0 spiro atoms. The van der Waals surface area contributed by atoms with E-state index in [9.17, 15) is 9.59 Å². The topological polar surface area (TPSA) is 84.2 Å². The maximum atomic E-state index is 11.3. The van der Waals surface area contributed by atoms with Crippen LogP contribution in [0.15, 0.2) is 0 Å². The Kier molecular flexibility index (Phi) is 3.69. The van der Waals surface area contributed by atoms with Crippen molar-refractivity contribution in [3.8, 4) is 0 Å². The van der Waals surface area contributed by atoms with Crippen molar-refractivity contribution in [3.63, 3.8) is 0 Å². The minimum Gasteiger partial charge on any atom is -0.328 e. The number of hydrogen-bond acceptors (Lipinski definition) is 3. The summed E-state index contributed by atoms with van der Waals surface area (Å²) >= 11 is 0. The van der Waals surface area contributed by atoms with E-state index >= 15 is 0 Å². The van der Waals surface area contributed by atoms with Crippen LogP contribution in [0.25, 0.3) is 0 Å². The Morgan fingerprint density at radius 2 is 2.00 bits per heavy atom. The molecule has 0 aromatic heterocycles. The van der Waals surface area contributed by atoms with Gasteiger partial charge < -0.3 is 11.1 Å². The molecule has 0 bridgehead atoms. The maximum absolute atomic E-state index is 11.3. The lowest BCUT2D eigenvalue weighted by Gasteiger charge is -2.28. The van der Waals surface area contributed by atoms with Crippen LogP contribution in [0.4, 0.5) is 4.79 Å². The van der Waals surface area contributed by atoms with Crippen molar-refractivity contribution in [3.05, 3.63) is 0 Å². The number of nitrogens with one attached hydrogen (secondary N) is 2. The molecular formula is C7H14ClN3O2. The normalized spacial score (nSPS) is 26.8. The van der Waals surface area contributed by atoms with Crippen LogP contribution in [0.2, 0.25) is 0 Å². The third-order valence-corrected chi connectivity index (χ3v) is 2.28. The van der Waals surface area contributed by atoms with Gasteiger partial charge in [0.2, 0.25) is 0 Å². The average molecular weight is 208 g/mol. The summed E-state index contributed by atoms with van der Waals surface area (Å²) in [4.78, 5) is 22.1. The average Bonchev–Trinajstić information content (AvgIpc) is 2.26. The SMILES string of the molecule is CC(C)[C@]1(CN)NC(=O)NC1=O.Cl.